The lowest BCUT2D eigenvalue weighted by molar-refractivity contribution is -0.136. The van der Waals surface area contributed by atoms with Crippen molar-refractivity contribution in [3.8, 4) is 16.9 Å². The number of hydrogen-bond acceptors (Lipinski definition) is 11. The minimum absolute atomic E-state index is 0.00834. The molecule has 5 amide bonds. The number of fused-ring (bicyclic) bond motifs is 4. The number of benzene rings is 4. The van der Waals surface area contributed by atoms with Crippen molar-refractivity contribution in [2.75, 3.05) is 43.6 Å². The number of amides is 5. The molecule has 4 heterocycles. The van der Waals surface area contributed by atoms with Crippen LogP contribution in [0.2, 0.25) is 0 Å². The molecule has 0 aromatic heterocycles. The molecule has 8 rings (SSSR count). The van der Waals surface area contributed by atoms with E-state index in [1.807, 2.05) is 37.3 Å². The first-order valence-electron chi connectivity index (χ1n) is 19.0. The van der Waals surface area contributed by atoms with Gasteiger partial charge in [-0.15, -0.1) is 0 Å². The molecule has 58 heavy (non-hydrogen) atoms. The lowest BCUT2D eigenvalue weighted by atomic mass is 9.82. The van der Waals surface area contributed by atoms with E-state index in [0.29, 0.717) is 18.7 Å². The maximum absolute atomic E-state index is 14.0. The maximum atomic E-state index is 14.0. The van der Waals surface area contributed by atoms with Crippen LogP contribution >= 0.6 is 0 Å². The fourth-order valence-corrected chi connectivity index (χ4v) is 9.93. The van der Waals surface area contributed by atoms with Crippen molar-refractivity contribution in [2.24, 2.45) is 5.92 Å². The predicted octanol–water partition coefficient (Wildman–Crippen LogP) is 3.64. The van der Waals surface area contributed by atoms with Crippen molar-refractivity contribution in [1.29, 1.82) is 0 Å². The van der Waals surface area contributed by atoms with Crippen LogP contribution in [-0.4, -0.2) is 97.3 Å². The molecule has 2 saturated heterocycles. The SMILES string of the molecule is Cc1ccc(S(=O)(=O)N2CC[C@@H]3[C@H](CO)Nc4ccc(-c5cccc(NC(=O)COCCOc6cccc7c6C(=O)N(C6CCC(=O)NC6=O)C7=O)c5)cc4[C@@H]32)cc1. The van der Waals surface area contributed by atoms with E-state index in [4.69, 9.17) is 9.47 Å². The molecule has 16 heteroatoms. The Hall–Kier alpha value is -5.94. The number of aliphatic hydroxyl groups is 1. The summed E-state index contributed by atoms with van der Waals surface area (Å²) in [6, 6.07) is 22.5. The van der Waals surface area contributed by atoms with Crippen LogP contribution in [-0.2, 0) is 29.1 Å². The summed E-state index contributed by atoms with van der Waals surface area (Å²) in [5.41, 5.74) is 4.77. The third-order valence-corrected chi connectivity index (χ3v) is 13.0. The Labute approximate surface area is 334 Å². The molecule has 4 atom stereocenters. The second-order valence-electron chi connectivity index (χ2n) is 14.7. The number of nitrogens with zero attached hydrogens (tertiary/aromatic N) is 2. The van der Waals surface area contributed by atoms with Crippen molar-refractivity contribution in [2.45, 2.75) is 49.2 Å². The second kappa shape index (κ2) is 15.8. The summed E-state index contributed by atoms with van der Waals surface area (Å²) in [5, 5.41) is 18.7. The zero-order chi connectivity index (χ0) is 40.7. The molecule has 0 spiro atoms. The average Bonchev–Trinajstić information content (AvgIpc) is 3.78. The number of imide groups is 2. The number of carbonyl (C=O) groups excluding carboxylic acids is 5. The molecule has 15 nitrogen and oxygen atoms in total. The number of aliphatic hydroxyl groups excluding tert-OH is 1. The van der Waals surface area contributed by atoms with Crippen LogP contribution in [0, 0.1) is 12.8 Å². The standard InChI is InChI=1S/C42H41N5O10S/c1-24-8-11-28(12-9-24)58(54,55)46-17-16-29-33(22-48)44-32-13-10-26(21-31(32)39(29)46)25-4-2-5-27(20-25)43-37(50)23-56-18-19-57-35-7-3-6-30-38(35)42(53)47(41(30)52)34-14-15-36(49)45-40(34)51/h2-13,20-21,29,33-34,39,44,48H,14-19,22-23H2,1H3,(H,43,50)(H,45,49,51)/t29-,33+,34?,39-/m1/s1. The van der Waals surface area contributed by atoms with Gasteiger partial charge in [-0.1, -0.05) is 42.0 Å². The fraction of sp³-hybridized carbons (Fsp3) is 0.310. The van der Waals surface area contributed by atoms with Crippen LogP contribution < -0.4 is 20.7 Å². The van der Waals surface area contributed by atoms with Crippen molar-refractivity contribution >= 4 is 50.9 Å². The topological polar surface area (TPSA) is 201 Å². The number of ether oxygens (including phenoxy) is 2. The summed E-state index contributed by atoms with van der Waals surface area (Å²) in [7, 11) is -3.83. The lowest BCUT2D eigenvalue weighted by Crippen LogP contribution is -2.54. The van der Waals surface area contributed by atoms with E-state index in [1.54, 1.807) is 46.8 Å². The van der Waals surface area contributed by atoms with Crippen molar-refractivity contribution < 1.29 is 47.0 Å². The molecule has 0 saturated carbocycles. The van der Waals surface area contributed by atoms with Gasteiger partial charge in [0.1, 0.15) is 25.0 Å². The largest absolute Gasteiger partial charge is 0.490 e. The van der Waals surface area contributed by atoms with Crippen LogP contribution in [0.1, 0.15) is 57.1 Å². The number of sulfonamides is 1. The van der Waals surface area contributed by atoms with Gasteiger partial charge in [0.15, 0.2) is 0 Å². The molecule has 1 unspecified atom stereocenters. The summed E-state index contributed by atoms with van der Waals surface area (Å²) < 4.78 is 40.8. The molecule has 2 fully saturated rings. The van der Waals surface area contributed by atoms with Crippen LogP contribution in [0.4, 0.5) is 11.4 Å². The molecule has 4 aromatic carbocycles. The highest BCUT2D eigenvalue weighted by molar-refractivity contribution is 7.89. The molecule has 0 aliphatic carbocycles. The van der Waals surface area contributed by atoms with Gasteiger partial charge in [-0.25, -0.2) is 8.42 Å². The van der Waals surface area contributed by atoms with E-state index in [0.717, 1.165) is 32.8 Å². The van der Waals surface area contributed by atoms with E-state index >= 15 is 0 Å². The first-order chi connectivity index (χ1) is 27.9. The van der Waals surface area contributed by atoms with E-state index < -0.39 is 51.6 Å². The van der Waals surface area contributed by atoms with Crippen LogP contribution in [0.3, 0.4) is 0 Å². The highest BCUT2D eigenvalue weighted by atomic mass is 32.2. The van der Waals surface area contributed by atoms with Crippen LogP contribution in [0.15, 0.2) is 89.8 Å². The lowest BCUT2D eigenvalue weighted by Gasteiger charge is -2.39. The number of hydrogen-bond donors (Lipinski definition) is 4. The number of piperidine rings is 1. The maximum Gasteiger partial charge on any atom is 0.266 e. The van der Waals surface area contributed by atoms with Gasteiger partial charge in [-0.3, -0.25) is 34.2 Å². The van der Waals surface area contributed by atoms with Gasteiger partial charge in [0, 0.05) is 30.3 Å². The van der Waals surface area contributed by atoms with Gasteiger partial charge in [0.25, 0.3) is 11.8 Å². The summed E-state index contributed by atoms with van der Waals surface area (Å²) in [5.74, 6) is -2.93. The number of anilines is 2. The molecule has 4 N–H and O–H groups in total. The van der Waals surface area contributed by atoms with E-state index in [-0.39, 0.29) is 73.0 Å². The van der Waals surface area contributed by atoms with Crippen molar-refractivity contribution in [3.05, 3.63) is 107 Å². The number of nitrogens with one attached hydrogen (secondary N) is 3. The normalized spacial score (nSPS) is 21.5. The third kappa shape index (κ3) is 7.23. The first-order valence-corrected chi connectivity index (χ1v) is 20.4. The van der Waals surface area contributed by atoms with Crippen molar-refractivity contribution in [3.63, 3.8) is 0 Å². The minimum atomic E-state index is -3.83. The molecule has 0 radical (unpaired) electrons. The van der Waals surface area contributed by atoms with Gasteiger partial charge in [0.2, 0.25) is 27.7 Å². The Morgan fingerprint density at radius 3 is 2.47 bits per heavy atom. The highest BCUT2D eigenvalue weighted by Crippen LogP contribution is 2.49. The molecule has 4 aliphatic rings. The Balaban J connectivity index is 0.895. The number of rotatable bonds is 12. The van der Waals surface area contributed by atoms with Crippen LogP contribution in [0.5, 0.6) is 5.75 Å². The van der Waals surface area contributed by atoms with Crippen molar-refractivity contribution in [1.82, 2.24) is 14.5 Å². The van der Waals surface area contributed by atoms with E-state index in [9.17, 15) is 37.5 Å². The van der Waals surface area contributed by atoms with E-state index in [1.165, 1.54) is 12.1 Å². The number of carbonyl (C=O) groups is 5. The molecular weight excluding hydrogens is 767 g/mol. The monoisotopic (exact) mass is 807 g/mol. The Kier molecular flexibility index (Phi) is 10.6. The molecular formula is C42H41N5O10S. The Morgan fingerprint density at radius 1 is 0.914 bits per heavy atom. The van der Waals surface area contributed by atoms with Gasteiger partial charge < -0.3 is 25.2 Å². The Bertz CT molecular complexity index is 2440. The summed E-state index contributed by atoms with van der Waals surface area (Å²) in [4.78, 5) is 64.4. The van der Waals surface area contributed by atoms with Gasteiger partial charge >= 0.3 is 0 Å². The molecule has 4 aromatic rings. The average molecular weight is 808 g/mol. The molecule has 0 bridgehead atoms. The summed E-state index contributed by atoms with van der Waals surface area (Å²) in [6.45, 7) is 1.73. The van der Waals surface area contributed by atoms with Crippen LogP contribution in [0.25, 0.3) is 11.1 Å². The number of aryl methyl sites for hydroxylation is 1. The second-order valence-corrected chi connectivity index (χ2v) is 16.6. The predicted molar refractivity (Wildman–Crippen MR) is 210 cm³/mol. The zero-order valence-corrected chi connectivity index (χ0v) is 32.3. The van der Waals surface area contributed by atoms with Gasteiger partial charge in [-0.05, 0) is 85.0 Å². The fourth-order valence-electron chi connectivity index (χ4n) is 8.27. The first kappa shape index (κ1) is 38.9. The van der Waals surface area contributed by atoms with Gasteiger partial charge in [-0.2, -0.15) is 4.31 Å². The molecule has 300 valence electrons. The summed E-state index contributed by atoms with van der Waals surface area (Å²) in [6.07, 6.45) is 0.635. The summed E-state index contributed by atoms with van der Waals surface area (Å²) >= 11 is 0. The van der Waals surface area contributed by atoms with E-state index in [2.05, 4.69) is 16.0 Å². The quantitative estimate of drug-likeness (QED) is 0.120. The third-order valence-electron chi connectivity index (χ3n) is 11.1. The minimum Gasteiger partial charge on any atom is -0.490 e. The zero-order valence-electron chi connectivity index (χ0n) is 31.5. The Morgan fingerprint density at radius 2 is 1.69 bits per heavy atom. The smallest absolute Gasteiger partial charge is 0.266 e. The molecule has 4 aliphatic heterocycles. The van der Waals surface area contributed by atoms with Gasteiger partial charge in [0.05, 0.1) is 41.3 Å². The highest BCUT2D eigenvalue weighted by Gasteiger charge is 2.49.